The van der Waals surface area contributed by atoms with Crippen LogP contribution in [0.5, 0.6) is 0 Å². The summed E-state index contributed by atoms with van der Waals surface area (Å²) in [6, 6.07) is 15.1. The van der Waals surface area contributed by atoms with Crippen molar-refractivity contribution in [2.24, 2.45) is 0 Å². The molecule has 0 spiro atoms. The molecule has 2 aromatic rings. The quantitative estimate of drug-likeness (QED) is 0.657. The van der Waals surface area contributed by atoms with Crippen LogP contribution in [0.3, 0.4) is 0 Å². The molecule has 3 rings (SSSR count). The Morgan fingerprint density at radius 3 is 2.80 bits per heavy atom. The molecule has 0 saturated carbocycles. The Morgan fingerprint density at radius 1 is 1.05 bits per heavy atom. The van der Waals surface area contributed by atoms with Gasteiger partial charge in [-0.3, -0.25) is 0 Å². The van der Waals surface area contributed by atoms with Crippen LogP contribution < -0.4 is 5.32 Å². The SMILES string of the molecule is Clc1cccc(NC2CCCCc3ccccc32)c1Br. The zero-order chi connectivity index (χ0) is 13.9. The first kappa shape index (κ1) is 14.0. The van der Waals surface area contributed by atoms with Crippen molar-refractivity contribution in [1.29, 1.82) is 0 Å². The molecule has 0 radical (unpaired) electrons. The smallest absolute Gasteiger partial charge is 0.0593 e. The van der Waals surface area contributed by atoms with Gasteiger partial charge in [-0.15, -0.1) is 0 Å². The van der Waals surface area contributed by atoms with Gasteiger partial charge in [0, 0.05) is 0 Å². The van der Waals surface area contributed by atoms with Crippen LogP contribution in [-0.4, -0.2) is 0 Å². The van der Waals surface area contributed by atoms with Gasteiger partial charge in [0.25, 0.3) is 0 Å². The molecular weight excluding hydrogens is 334 g/mol. The number of benzene rings is 2. The fourth-order valence-electron chi connectivity index (χ4n) is 2.87. The lowest BCUT2D eigenvalue weighted by molar-refractivity contribution is 0.644. The van der Waals surface area contributed by atoms with E-state index in [0.29, 0.717) is 6.04 Å². The lowest BCUT2D eigenvalue weighted by Crippen LogP contribution is -2.11. The molecule has 0 aromatic heterocycles. The highest BCUT2D eigenvalue weighted by Crippen LogP contribution is 2.36. The van der Waals surface area contributed by atoms with Crippen LogP contribution >= 0.6 is 27.5 Å². The Bertz CT molecular complexity index is 612. The Morgan fingerprint density at radius 2 is 1.90 bits per heavy atom. The van der Waals surface area contributed by atoms with E-state index in [4.69, 9.17) is 11.6 Å². The van der Waals surface area contributed by atoms with Gasteiger partial charge in [0.15, 0.2) is 0 Å². The van der Waals surface area contributed by atoms with Crippen molar-refractivity contribution in [3.05, 3.63) is 63.1 Å². The summed E-state index contributed by atoms with van der Waals surface area (Å²) in [6.07, 6.45) is 4.87. The lowest BCUT2D eigenvalue weighted by atomic mass is 9.99. The summed E-state index contributed by atoms with van der Waals surface area (Å²) in [6.45, 7) is 0. The minimum absolute atomic E-state index is 0.364. The Balaban J connectivity index is 1.92. The number of hydrogen-bond donors (Lipinski definition) is 1. The number of aryl methyl sites for hydroxylation is 1. The van der Waals surface area contributed by atoms with E-state index in [1.807, 2.05) is 12.1 Å². The van der Waals surface area contributed by atoms with E-state index in [0.717, 1.165) is 21.6 Å². The molecule has 0 fully saturated rings. The van der Waals surface area contributed by atoms with E-state index in [9.17, 15) is 0 Å². The minimum atomic E-state index is 0.364. The summed E-state index contributed by atoms with van der Waals surface area (Å²) in [5, 5.41) is 4.40. The maximum atomic E-state index is 6.18. The largest absolute Gasteiger partial charge is 0.377 e. The molecule has 0 bridgehead atoms. The molecule has 20 heavy (non-hydrogen) atoms. The molecule has 1 nitrogen and oxygen atoms in total. The fourth-order valence-corrected chi connectivity index (χ4v) is 3.43. The molecule has 1 atom stereocenters. The fraction of sp³-hybridized carbons (Fsp3) is 0.294. The van der Waals surface area contributed by atoms with Crippen molar-refractivity contribution in [3.63, 3.8) is 0 Å². The van der Waals surface area contributed by atoms with Gasteiger partial charge in [-0.25, -0.2) is 0 Å². The molecule has 1 N–H and O–H groups in total. The molecule has 0 heterocycles. The third-order valence-electron chi connectivity index (χ3n) is 3.90. The van der Waals surface area contributed by atoms with Gasteiger partial charge in [-0.05, 0) is 58.5 Å². The third-order valence-corrected chi connectivity index (χ3v) is 5.30. The van der Waals surface area contributed by atoms with Crippen LogP contribution in [0.25, 0.3) is 0 Å². The zero-order valence-corrected chi connectivity index (χ0v) is 13.5. The van der Waals surface area contributed by atoms with Gasteiger partial charge in [0.05, 0.1) is 21.2 Å². The molecule has 0 amide bonds. The monoisotopic (exact) mass is 349 g/mol. The van der Waals surface area contributed by atoms with Crippen molar-refractivity contribution in [3.8, 4) is 0 Å². The van der Waals surface area contributed by atoms with Gasteiger partial charge in [0.2, 0.25) is 0 Å². The highest BCUT2D eigenvalue weighted by Gasteiger charge is 2.19. The van der Waals surface area contributed by atoms with Crippen molar-refractivity contribution in [2.45, 2.75) is 31.7 Å². The first-order valence-corrected chi connectivity index (χ1v) is 8.21. The Labute approximate surface area is 133 Å². The summed E-state index contributed by atoms with van der Waals surface area (Å²) in [4.78, 5) is 0. The van der Waals surface area contributed by atoms with Crippen molar-refractivity contribution in [2.75, 3.05) is 5.32 Å². The number of anilines is 1. The standard InChI is InChI=1S/C17H17BrClN/c18-17-14(19)9-5-11-16(17)20-15-10-4-2-7-12-6-1-3-8-13(12)15/h1,3,5-6,8-9,11,15,20H,2,4,7,10H2. The average Bonchev–Trinajstić information content (AvgIpc) is 2.67. The lowest BCUT2D eigenvalue weighted by Gasteiger charge is -2.21. The molecule has 3 heteroatoms. The first-order chi connectivity index (χ1) is 9.75. The Hall–Kier alpha value is -0.990. The molecule has 2 aromatic carbocycles. The van der Waals surface area contributed by atoms with Crippen LogP contribution in [0.4, 0.5) is 5.69 Å². The third kappa shape index (κ3) is 2.87. The van der Waals surface area contributed by atoms with Crippen molar-refractivity contribution in [1.82, 2.24) is 0 Å². The topological polar surface area (TPSA) is 12.0 Å². The van der Waals surface area contributed by atoms with Gasteiger partial charge in [-0.1, -0.05) is 48.4 Å². The summed E-state index contributed by atoms with van der Waals surface area (Å²) in [5.74, 6) is 0. The first-order valence-electron chi connectivity index (χ1n) is 7.04. The van der Waals surface area contributed by atoms with E-state index < -0.39 is 0 Å². The van der Waals surface area contributed by atoms with Crippen LogP contribution in [0.2, 0.25) is 5.02 Å². The maximum Gasteiger partial charge on any atom is 0.0593 e. The van der Waals surface area contributed by atoms with Crippen LogP contribution in [0.15, 0.2) is 46.9 Å². The molecule has 0 aliphatic heterocycles. The molecule has 1 aliphatic carbocycles. The molecule has 104 valence electrons. The number of hydrogen-bond acceptors (Lipinski definition) is 1. The summed E-state index contributed by atoms with van der Waals surface area (Å²) in [7, 11) is 0. The number of rotatable bonds is 2. The highest BCUT2D eigenvalue weighted by molar-refractivity contribution is 9.10. The summed E-state index contributed by atoms with van der Waals surface area (Å²) >= 11 is 9.75. The van der Waals surface area contributed by atoms with Crippen LogP contribution in [-0.2, 0) is 6.42 Å². The van der Waals surface area contributed by atoms with Gasteiger partial charge < -0.3 is 5.32 Å². The Kier molecular flexibility index (Phi) is 4.32. The van der Waals surface area contributed by atoms with E-state index in [-0.39, 0.29) is 0 Å². The maximum absolute atomic E-state index is 6.18. The van der Waals surface area contributed by atoms with Gasteiger partial charge >= 0.3 is 0 Å². The van der Waals surface area contributed by atoms with Crippen LogP contribution in [0.1, 0.15) is 36.4 Å². The van der Waals surface area contributed by atoms with Gasteiger partial charge in [-0.2, -0.15) is 0 Å². The second kappa shape index (κ2) is 6.19. The molecule has 1 unspecified atom stereocenters. The van der Waals surface area contributed by atoms with E-state index >= 15 is 0 Å². The number of fused-ring (bicyclic) bond motifs is 1. The number of halogens is 2. The minimum Gasteiger partial charge on any atom is -0.377 e. The average molecular weight is 351 g/mol. The zero-order valence-electron chi connectivity index (χ0n) is 11.2. The van der Waals surface area contributed by atoms with Gasteiger partial charge in [0.1, 0.15) is 0 Å². The molecular formula is C17H17BrClN. The normalized spacial score (nSPS) is 18.2. The molecule has 0 saturated heterocycles. The summed E-state index contributed by atoms with van der Waals surface area (Å²) < 4.78 is 0.948. The molecule has 1 aliphatic rings. The van der Waals surface area contributed by atoms with E-state index in [1.54, 1.807) is 0 Å². The number of nitrogens with one attached hydrogen (secondary N) is 1. The van der Waals surface area contributed by atoms with E-state index in [2.05, 4.69) is 51.6 Å². The predicted molar refractivity (Wildman–Crippen MR) is 89.5 cm³/mol. The second-order valence-corrected chi connectivity index (χ2v) is 6.44. The van der Waals surface area contributed by atoms with Crippen molar-refractivity contribution < 1.29 is 0 Å². The summed E-state index contributed by atoms with van der Waals surface area (Å²) in [5.41, 5.74) is 3.97. The van der Waals surface area contributed by atoms with Crippen molar-refractivity contribution >= 4 is 33.2 Å². The van der Waals surface area contributed by atoms with E-state index in [1.165, 1.54) is 30.4 Å². The highest BCUT2D eigenvalue weighted by atomic mass is 79.9. The van der Waals surface area contributed by atoms with Crippen LogP contribution in [0, 0.1) is 0 Å². The second-order valence-electron chi connectivity index (χ2n) is 5.24. The predicted octanol–water partition coefficient (Wildman–Crippen LogP) is 5.98.